The summed E-state index contributed by atoms with van der Waals surface area (Å²) in [6, 6.07) is 4.14. The molecule has 17 heavy (non-hydrogen) atoms. The third-order valence-corrected chi connectivity index (χ3v) is 2.31. The molecular weight excluding hydrogens is 227 g/mol. The number of rotatable bonds is 3. The van der Waals surface area contributed by atoms with Gasteiger partial charge in [-0.1, -0.05) is 6.07 Å². The van der Waals surface area contributed by atoms with Crippen molar-refractivity contribution in [2.24, 2.45) is 0 Å². The Labute approximate surface area is 94.9 Å². The summed E-state index contributed by atoms with van der Waals surface area (Å²) in [6.45, 7) is 0. The van der Waals surface area contributed by atoms with E-state index in [2.05, 4.69) is 9.97 Å². The van der Waals surface area contributed by atoms with Crippen molar-refractivity contribution in [2.45, 2.75) is 12.8 Å². The molecule has 5 nitrogen and oxygen atoms in total. The van der Waals surface area contributed by atoms with Crippen molar-refractivity contribution in [2.75, 3.05) is 0 Å². The first kappa shape index (κ1) is 11.3. The van der Waals surface area contributed by atoms with Crippen LogP contribution in [-0.4, -0.2) is 21.0 Å². The molecule has 1 aromatic heterocycles. The van der Waals surface area contributed by atoms with Crippen molar-refractivity contribution in [3.05, 3.63) is 40.2 Å². The average molecular weight is 236 g/mol. The third kappa shape index (κ3) is 2.30. The molecule has 0 amide bonds. The molecule has 0 saturated carbocycles. The summed E-state index contributed by atoms with van der Waals surface area (Å²) in [5.74, 6) is -1.37. The Bertz CT molecular complexity index is 636. The zero-order chi connectivity index (χ0) is 12.4. The molecule has 6 heteroatoms. The van der Waals surface area contributed by atoms with E-state index in [1.165, 1.54) is 18.2 Å². The minimum atomic E-state index is -0.980. The molecule has 0 bridgehead atoms. The maximum absolute atomic E-state index is 13.3. The van der Waals surface area contributed by atoms with E-state index < -0.39 is 17.3 Å². The van der Waals surface area contributed by atoms with E-state index in [4.69, 9.17) is 5.11 Å². The Kier molecular flexibility index (Phi) is 2.86. The highest BCUT2D eigenvalue weighted by molar-refractivity contribution is 5.78. The number of nitrogens with one attached hydrogen (secondary N) is 1. The molecular formula is C11H9FN2O3. The molecule has 2 rings (SSSR count). The summed E-state index contributed by atoms with van der Waals surface area (Å²) >= 11 is 0. The molecule has 0 fully saturated rings. The molecule has 0 atom stereocenters. The summed E-state index contributed by atoms with van der Waals surface area (Å²) in [6.07, 6.45) is -0.0270. The van der Waals surface area contributed by atoms with Crippen molar-refractivity contribution in [3.63, 3.8) is 0 Å². The lowest BCUT2D eigenvalue weighted by Gasteiger charge is -2.01. The number of fused-ring (bicyclic) bond motifs is 1. The lowest BCUT2D eigenvalue weighted by atomic mass is 10.2. The predicted molar refractivity (Wildman–Crippen MR) is 58.3 cm³/mol. The molecule has 2 aromatic rings. The number of hydrogen-bond acceptors (Lipinski definition) is 3. The molecule has 0 aliphatic heterocycles. The first-order valence-electron chi connectivity index (χ1n) is 4.97. The largest absolute Gasteiger partial charge is 0.481 e. The molecule has 0 spiro atoms. The Morgan fingerprint density at radius 1 is 1.47 bits per heavy atom. The Morgan fingerprint density at radius 3 is 2.94 bits per heavy atom. The van der Waals surface area contributed by atoms with Crippen molar-refractivity contribution in [1.29, 1.82) is 0 Å². The maximum Gasteiger partial charge on any atom is 0.303 e. The van der Waals surface area contributed by atoms with Crippen LogP contribution in [0.3, 0.4) is 0 Å². The van der Waals surface area contributed by atoms with E-state index in [-0.39, 0.29) is 29.6 Å². The van der Waals surface area contributed by atoms with Gasteiger partial charge < -0.3 is 10.1 Å². The number of carboxylic acids is 1. The first-order valence-corrected chi connectivity index (χ1v) is 4.97. The zero-order valence-corrected chi connectivity index (χ0v) is 8.74. The van der Waals surface area contributed by atoms with Gasteiger partial charge in [-0.15, -0.1) is 0 Å². The first-order chi connectivity index (χ1) is 8.08. The monoisotopic (exact) mass is 236 g/mol. The van der Waals surface area contributed by atoms with E-state index >= 15 is 0 Å². The summed E-state index contributed by atoms with van der Waals surface area (Å²) in [5.41, 5.74) is -0.359. The molecule has 0 unspecified atom stereocenters. The topological polar surface area (TPSA) is 83.0 Å². The van der Waals surface area contributed by atoms with Gasteiger partial charge >= 0.3 is 5.97 Å². The number of nitrogens with zero attached hydrogens (tertiary/aromatic N) is 1. The number of aromatic amines is 1. The quantitative estimate of drug-likeness (QED) is 0.835. The fourth-order valence-corrected chi connectivity index (χ4v) is 1.54. The van der Waals surface area contributed by atoms with Crippen LogP contribution in [0.15, 0.2) is 23.0 Å². The number of aliphatic carboxylic acids is 1. The van der Waals surface area contributed by atoms with Gasteiger partial charge in [0.2, 0.25) is 0 Å². The summed E-state index contributed by atoms with van der Waals surface area (Å²) in [5, 5.41) is 8.42. The number of hydrogen-bond donors (Lipinski definition) is 2. The summed E-state index contributed by atoms with van der Waals surface area (Å²) in [7, 11) is 0. The van der Waals surface area contributed by atoms with Crippen LogP contribution in [0.5, 0.6) is 0 Å². The maximum atomic E-state index is 13.3. The average Bonchev–Trinajstić information content (AvgIpc) is 2.26. The van der Waals surface area contributed by atoms with Crippen molar-refractivity contribution in [3.8, 4) is 0 Å². The molecule has 0 aliphatic rings. The SMILES string of the molecule is O=C(O)CCc1nc2cccc(F)c2c(=O)[nH]1. The standard InChI is InChI=1S/C11H9FN2O3/c12-6-2-1-3-7-10(6)11(17)14-8(13-7)4-5-9(15)16/h1-3H,4-5H2,(H,15,16)(H,13,14,17). The number of aromatic nitrogens is 2. The predicted octanol–water partition coefficient (Wildman–Crippen LogP) is 1.08. The molecule has 0 saturated heterocycles. The van der Waals surface area contributed by atoms with E-state index in [9.17, 15) is 14.0 Å². The van der Waals surface area contributed by atoms with Gasteiger partial charge in [0.15, 0.2) is 0 Å². The van der Waals surface area contributed by atoms with Crippen LogP contribution < -0.4 is 5.56 Å². The minimum absolute atomic E-state index is 0.105. The molecule has 1 heterocycles. The van der Waals surface area contributed by atoms with Gasteiger partial charge in [0, 0.05) is 6.42 Å². The van der Waals surface area contributed by atoms with Crippen molar-refractivity contribution in [1.82, 2.24) is 9.97 Å². The second-order valence-electron chi connectivity index (χ2n) is 3.54. The number of halogens is 1. The second kappa shape index (κ2) is 4.32. The van der Waals surface area contributed by atoms with E-state index in [0.29, 0.717) is 0 Å². The fourth-order valence-electron chi connectivity index (χ4n) is 1.54. The van der Waals surface area contributed by atoms with Crippen LogP contribution >= 0.6 is 0 Å². The zero-order valence-electron chi connectivity index (χ0n) is 8.74. The number of carbonyl (C=O) groups is 1. The number of H-pyrrole nitrogens is 1. The highest BCUT2D eigenvalue weighted by Crippen LogP contribution is 2.11. The smallest absolute Gasteiger partial charge is 0.303 e. The van der Waals surface area contributed by atoms with Gasteiger partial charge in [-0.25, -0.2) is 9.37 Å². The summed E-state index contributed by atoms with van der Waals surface area (Å²) in [4.78, 5) is 28.4. The van der Waals surface area contributed by atoms with Gasteiger partial charge in [-0.3, -0.25) is 9.59 Å². The highest BCUT2D eigenvalue weighted by Gasteiger charge is 2.08. The van der Waals surface area contributed by atoms with Crippen LogP contribution in [0.25, 0.3) is 10.9 Å². The van der Waals surface area contributed by atoms with Crippen LogP contribution in [0, 0.1) is 5.82 Å². The van der Waals surface area contributed by atoms with Gasteiger partial charge in [0.05, 0.1) is 11.9 Å². The van der Waals surface area contributed by atoms with E-state index in [1.54, 1.807) is 0 Å². The van der Waals surface area contributed by atoms with Gasteiger partial charge in [0.1, 0.15) is 17.0 Å². The fraction of sp³-hybridized carbons (Fsp3) is 0.182. The van der Waals surface area contributed by atoms with E-state index in [0.717, 1.165) is 0 Å². The van der Waals surface area contributed by atoms with Crippen molar-refractivity contribution < 1.29 is 14.3 Å². The van der Waals surface area contributed by atoms with Gasteiger partial charge in [-0.05, 0) is 12.1 Å². The Morgan fingerprint density at radius 2 is 2.24 bits per heavy atom. The van der Waals surface area contributed by atoms with Crippen LogP contribution in [-0.2, 0) is 11.2 Å². The van der Waals surface area contributed by atoms with Crippen LogP contribution in [0.4, 0.5) is 4.39 Å². The van der Waals surface area contributed by atoms with Crippen LogP contribution in [0.2, 0.25) is 0 Å². The number of benzene rings is 1. The molecule has 0 radical (unpaired) electrons. The molecule has 0 aliphatic carbocycles. The Balaban J connectivity index is 2.49. The molecule has 1 aromatic carbocycles. The second-order valence-corrected chi connectivity index (χ2v) is 3.54. The van der Waals surface area contributed by atoms with Gasteiger partial charge in [-0.2, -0.15) is 0 Å². The molecule has 2 N–H and O–H groups in total. The van der Waals surface area contributed by atoms with Crippen molar-refractivity contribution >= 4 is 16.9 Å². The van der Waals surface area contributed by atoms with Crippen LogP contribution in [0.1, 0.15) is 12.2 Å². The number of aryl methyl sites for hydroxylation is 1. The lowest BCUT2D eigenvalue weighted by molar-refractivity contribution is -0.137. The third-order valence-electron chi connectivity index (χ3n) is 2.31. The Hall–Kier alpha value is -2.24. The minimum Gasteiger partial charge on any atom is -0.481 e. The van der Waals surface area contributed by atoms with Gasteiger partial charge in [0.25, 0.3) is 5.56 Å². The normalized spacial score (nSPS) is 10.6. The summed E-state index contributed by atoms with van der Waals surface area (Å²) < 4.78 is 13.3. The van der Waals surface area contributed by atoms with E-state index in [1.807, 2.05) is 0 Å². The highest BCUT2D eigenvalue weighted by atomic mass is 19.1. The number of carboxylic acid groups (broad SMARTS) is 1. The molecule has 88 valence electrons. The lowest BCUT2D eigenvalue weighted by Crippen LogP contribution is -2.14.